The molecule has 0 aliphatic carbocycles. The molecule has 0 fully saturated rings. The molecule has 94 valence electrons. The topological polar surface area (TPSA) is 26.3 Å². The Morgan fingerprint density at radius 2 is 1.81 bits per heavy atom. The van der Waals surface area contributed by atoms with Gasteiger partial charge in [-0.25, -0.2) is 0 Å². The Labute approximate surface area is 101 Å². The lowest BCUT2D eigenvalue weighted by Gasteiger charge is -2.35. The average Bonchev–Trinajstić information content (AvgIpc) is 2.08. The second kappa shape index (κ2) is 6.35. The molecule has 0 rings (SSSR count). The first-order valence-corrected chi connectivity index (χ1v) is 8.86. The highest BCUT2D eigenvalue weighted by molar-refractivity contribution is 6.74. The minimum atomic E-state index is -1.61. The van der Waals surface area contributed by atoms with E-state index in [-0.39, 0.29) is 10.8 Å². The van der Waals surface area contributed by atoms with Crippen LogP contribution in [0.1, 0.15) is 40.5 Å². The molecule has 0 unspecified atom stereocenters. The van der Waals surface area contributed by atoms with Crippen molar-refractivity contribution < 1.29 is 9.22 Å². The Kier molecular flexibility index (Phi) is 6.19. The summed E-state index contributed by atoms with van der Waals surface area (Å²) in [7, 11) is -1.61. The first-order chi connectivity index (χ1) is 7.17. The summed E-state index contributed by atoms with van der Waals surface area (Å²) in [5.41, 5.74) is 0. The monoisotopic (exact) mass is 242 g/mol. The first-order valence-electron chi connectivity index (χ1n) is 5.95. The van der Waals surface area contributed by atoms with Crippen LogP contribution in [0.25, 0.3) is 0 Å². The molecule has 0 N–H and O–H groups in total. The fourth-order valence-corrected chi connectivity index (χ4v) is 1.89. The van der Waals surface area contributed by atoms with Crippen molar-refractivity contribution in [2.45, 2.75) is 58.7 Å². The van der Waals surface area contributed by atoms with Gasteiger partial charge in [0.2, 0.25) is 0 Å². The highest BCUT2D eigenvalue weighted by Crippen LogP contribution is 2.36. The Hall–Kier alpha value is -0.413. The number of Topliss-reactive ketones (excluding diaryl/α,β-unsaturated/α-hetero) is 1. The van der Waals surface area contributed by atoms with E-state index in [1.54, 1.807) is 6.92 Å². The van der Waals surface area contributed by atoms with Crippen LogP contribution in [-0.4, -0.2) is 20.7 Å². The molecule has 0 aromatic rings. The number of hydrogen-bond donors (Lipinski definition) is 0. The molecule has 0 atom stereocenters. The summed E-state index contributed by atoms with van der Waals surface area (Å²) in [6.07, 6.45) is 5.53. The third-order valence-electron chi connectivity index (χ3n) is 3.18. The van der Waals surface area contributed by atoms with E-state index in [9.17, 15) is 4.79 Å². The molecule has 0 aromatic heterocycles. The zero-order chi connectivity index (χ0) is 12.8. The molecule has 3 heteroatoms. The van der Waals surface area contributed by atoms with Crippen molar-refractivity contribution in [1.29, 1.82) is 0 Å². The van der Waals surface area contributed by atoms with Crippen LogP contribution in [-0.2, 0) is 9.22 Å². The molecular formula is C13H26O2Si. The molecular weight excluding hydrogens is 216 g/mol. The number of carbonyl (C=O) groups excluding carboxylic acids is 1. The van der Waals surface area contributed by atoms with Crippen molar-refractivity contribution >= 4 is 14.1 Å². The van der Waals surface area contributed by atoms with Gasteiger partial charge < -0.3 is 9.22 Å². The second-order valence-electron chi connectivity index (χ2n) is 5.78. The molecule has 0 aliphatic rings. The van der Waals surface area contributed by atoms with Gasteiger partial charge >= 0.3 is 0 Å². The van der Waals surface area contributed by atoms with Gasteiger partial charge in [0, 0.05) is 6.42 Å². The number of carbonyl (C=O) groups is 1. The van der Waals surface area contributed by atoms with Crippen LogP contribution in [0.5, 0.6) is 0 Å². The Bertz CT molecular complexity index is 249. The fourth-order valence-electron chi connectivity index (χ4n) is 0.945. The molecule has 0 heterocycles. The van der Waals surface area contributed by atoms with E-state index in [1.165, 1.54) is 0 Å². The number of ketones is 1. The molecule has 0 radical (unpaired) electrons. The summed E-state index contributed by atoms with van der Waals surface area (Å²) in [4.78, 5) is 10.7. The maximum Gasteiger partial charge on any atom is 0.192 e. The van der Waals surface area contributed by atoms with Crippen LogP contribution in [0.2, 0.25) is 18.1 Å². The lowest BCUT2D eigenvalue weighted by Crippen LogP contribution is -2.40. The predicted molar refractivity (Wildman–Crippen MR) is 72.2 cm³/mol. The van der Waals surface area contributed by atoms with Crippen molar-refractivity contribution in [1.82, 2.24) is 0 Å². The third-order valence-corrected chi connectivity index (χ3v) is 7.68. The minimum Gasteiger partial charge on any atom is -0.413 e. The summed E-state index contributed by atoms with van der Waals surface area (Å²) in [6, 6.07) is 0. The molecule has 16 heavy (non-hydrogen) atoms. The summed E-state index contributed by atoms with van der Waals surface area (Å²) >= 11 is 0. The van der Waals surface area contributed by atoms with E-state index in [4.69, 9.17) is 4.43 Å². The molecule has 0 saturated heterocycles. The van der Waals surface area contributed by atoms with Crippen molar-refractivity contribution in [3.05, 3.63) is 12.2 Å². The highest BCUT2D eigenvalue weighted by atomic mass is 28.4. The second-order valence-corrected chi connectivity index (χ2v) is 10.6. The van der Waals surface area contributed by atoms with E-state index in [0.29, 0.717) is 13.0 Å². The van der Waals surface area contributed by atoms with E-state index in [1.807, 2.05) is 12.2 Å². The average molecular weight is 242 g/mol. The molecule has 0 aromatic carbocycles. The Balaban J connectivity index is 3.86. The summed E-state index contributed by atoms with van der Waals surface area (Å²) in [5, 5.41) is 0.264. The maximum absolute atomic E-state index is 10.7. The third kappa shape index (κ3) is 6.23. The maximum atomic E-state index is 10.7. The Morgan fingerprint density at radius 3 is 2.25 bits per heavy atom. The quantitative estimate of drug-likeness (QED) is 0.521. The predicted octanol–water partition coefficient (Wildman–Crippen LogP) is 3.93. The standard InChI is InChI=1S/C13H26O2Si/c1-12(14)10-8-7-9-11-15-16(5,6)13(2,3)4/h7,9H,8,10-11H2,1-6H3/b9-7-. The molecule has 0 bridgehead atoms. The van der Waals surface area contributed by atoms with Gasteiger partial charge in [-0.05, 0) is 31.5 Å². The van der Waals surface area contributed by atoms with Gasteiger partial charge in [0.1, 0.15) is 5.78 Å². The van der Waals surface area contributed by atoms with Crippen LogP contribution in [0.4, 0.5) is 0 Å². The van der Waals surface area contributed by atoms with E-state index >= 15 is 0 Å². The number of hydrogen-bond acceptors (Lipinski definition) is 2. The lowest BCUT2D eigenvalue weighted by atomic mass is 10.2. The van der Waals surface area contributed by atoms with Crippen LogP contribution < -0.4 is 0 Å². The number of rotatable bonds is 6. The van der Waals surface area contributed by atoms with Crippen molar-refractivity contribution in [3.8, 4) is 0 Å². The molecule has 0 spiro atoms. The van der Waals surface area contributed by atoms with E-state index in [2.05, 4.69) is 33.9 Å². The zero-order valence-corrected chi connectivity index (χ0v) is 12.6. The van der Waals surface area contributed by atoms with E-state index in [0.717, 1.165) is 6.42 Å². The summed E-state index contributed by atoms with van der Waals surface area (Å²) in [5.74, 6) is 0.245. The molecule has 2 nitrogen and oxygen atoms in total. The summed E-state index contributed by atoms with van der Waals surface area (Å²) < 4.78 is 5.97. The van der Waals surface area contributed by atoms with Crippen LogP contribution in [0.15, 0.2) is 12.2 Å². The zero-order valence-electron chi connectivity index (χ0n) is 11.6. The molecule has 0 saturated carbocycles. The van der Waals surface area contributed by atoms with Crippen molar-refractivity contribution in [3.63, 3.8) is 0 Å². The van der Waals surface area contributed by atoms with Crippen LogP contribution in [0.3, 0.4) is 0 Å². The number of allylic oxidation sites excluding steroid dienone is 1. The largest absolute Gasteiger partial charge is 0.413 e. The van der Waals surface area contributed by atoms with Crippen molar-refractivity contribution in [2.75, 3.05) is 6.61 Å². The van der Waals surface area contributed by atoms with Crippen LogP contribution in [0, 0.1) is 0 Å². The lowest BCUT2D eigenvalue weighted by molar-refractivity contribution is -0.116. The first kappa shape index (κ1) is 15.6. The van der Waals surface area contributed by atoms with Gasteiger partial charge in [0.15, 0.2) is 8.32 Å². The summed E-state index contributed by atoms with van der Waals surface area (Å²) in [6.45, 7) is 13.5. The fraction of sp³-hybridized carbons (Fsp3) is 0.769. The SMILES string of the molecule is CC(=O)CC/C=C\CO[Si](C)(C)C(C)(C)C. The van der Waals surface area contributed by atoms with Crippen molar-refractivity contribution in [2.24, 2.45) is 0 Å². The highest BCUT2D eigenvalue weighted by Gasteiger charge is 2.36. The molecule has 0 aliphatic heterocycles. The van der Waals surface area contributed by atoms with Gasteiger partial charge in [-0.2, -0.15) is 0 Å². The normalized spacial score (nSPS) is 13.4. The molecule has 0 amide bonds. The Morgan fingerprint density at radius 1 is 1.25 bits per heavy atom. The van der Waals surface area contributed by atoms with Gasteiger partial charge in [-0.1, -0.05) is 32.9 Å². The smallest absolute Gasteiger partial charge is 0.192 e. The van der Waals surface area contributed by atoms with E-state index < -0.39 is 8.32 Å². The van der Waals surface area contributed by atoms with Gasteiger partial charge in [-0.3, -0.25) is 0 Å². The van der Waals surface area contributed by atoms with Crippen LogP contribution >= 0.6 is 0 Å². The van der Waals surface area contributed by atoms with Gasteiger partial charge in [0.25, 0.3) is 0 Å². The van der Waals surface area contributed by atoms with Gasteiger partial charge in [0.05, 0.1) is 6.61 Å². The van der Waals surface area contributed by atoms with Gasteiger partial charge in [-0.15, -0.1) is 0 Å². The minimum absolute atomic E-state index is 0.245.